The summed E-state index contributed by atoms with van der Waals surface area (Å²) in [6.45, 7) is 2.15. The van der Waals surface area contributed by atoms with Crippen molar-refractivity contribution in [3.8, 4) is 0 Å². The van der Waals surface area contributed by atoms with E-state index in [0.717, 1.165) is 18.5 Å². The highest BCUT2D eigenvalue weighted by Gasteiger charge is 2.38. The molecule has 1 unspecified atom stereocenters. The van der Waals surface area contributed by atoms with Crippen LogP contribution in [0, 0.1) is 5.41 Å². The molecular formula is C10H17N3O. The van der Waals surface area contributed by atoms with Crippen LogP contribution in [0.15, 0.2) is 6.20 Å². The Balaban J connectivity index is 2.23. The van der Waals surface area contributed by atoms with E-state index in [2.05, 4.69) is 17.2 Å². The van der Waals surface area contributed by atoms with E-state index in [4.69, 9.17) is 0 Å². The summed E-state index contributed by atoms with van der Waals surface area (Å²) >= 11 is 0. The summed E-state index contributed by atoms with van der Waals surface area (Å²) in [6, 6.07) is 0. The molecular weight excluding hydrogens is 178 g/mol. The normalized spacial score (nSPS) is 22.5. The summed E-state index contributed by atoms with van der Waals surface area (Å²) in [6.07, 6.45) is 5.87. The van der Waals surface area contributed by atoms with Crippen LogP contribution in [0.5, 0.6) is 0 Å². The summed E-state index contributed by atoms with van der Waals surface area (Å²) in [5.74, 6) is 0. The Bertz CT molecular complexity index is 315. The van der Waals surface area contributed by atoms with Crippen molar-refractivity contribution in [3.63, 3.8) is 0 Å². The zero-order chi connectivity index (χ0) is 10.2. The lowest BCUT2D eigenvalue weighted by atomic mass is 9.81. The molecule has 1 aliphatic rings. The highest BCUT2D eigenvalue weighted by molar-refractivity contribution is 5.05. The number of aryl methyl sites for hydroxylation is 1. The molecule has 1 aromatic rings. The van der Waals surface area contributed by atoms with Crippen molar-refractivity contribution in [1.29, 1.82) is 0 Å². The van der Waals surface area contributed by atoms with Gasteiger partial charge in [-0.3, -0.25) is 0 Å². The maximum absolute atomic E-state index is 10.2. The quantitative estimate of drug-likeness (QED) is 0.776. The van der Waals surface area contributed by atoms with Gasteiger partial charge in [0.05, 0.1) is 11.9 Å². The average Bonchev–Trinajstić information content (AvgIpc) is 2.74. The van der Waals surface area contributed by atoms with Gasteiger partial charge in [-0.05, 0) is 18.3 Å². The summed E-state index contributed by atoms with van der Waals surface area (Å²) in [7, 11) is 1.82. The summed E-state index contributed by atoms with van der Waals surface area (Å²) < 4.78 is 1.66. The van der Waals surface area contributed by atoms with Gasteiger partial charge in [-0.1, -0.05) is 25.0 Å². The van der Waals surface area contributed by atoms with Gasteiger partial charge in [-0.2, -0.15) is 0 Å². The number of rotatable bonds is 2. The Morgan fingerprint density at radius 3 is 2.64 bits per heavy atom. The fourth-order valence-electron chi connectivity index (χ4n) is 2.36. The van der Waals surface area contributed by atoms with Crippen LogP contribution in [-0.4, -0.2) is 20.1 Å². The Kier molecular flexibility index (Phi) is 2.31. The van der Waals surface area contributed by atoms with Crippen LogP contribution >= 0.6 is 0 Å². The number of aromatic nitrogens is 3. The van der Waals surface area contributed by atoms with Gasteiger partial charge < -0.3 is 5.11 Å². The topological polar surface area (TPSA) is 50.9 Å². The largest absolute Gasteiger partial charge is 0.386 e. The van der Waals surface area contributed by atoms with Crippen LogP contribution in [-0.2, 0) is 7.05 Å². The molecule has 0 aromatic carbocycles. The van der Waals surface area contributed by atoms with E-state index < -0.39 is 6.10 Å². The first-order chi connectivity index (χ1) is 6.63. The highest BCUT2D eigenvalue weighted by atomic mass is 16.3. The van der Waals surface area contributed by atoms with Crippen molar-refractivity contribution in [2.24, 2.45) is 12.5 Å². The van der Waals surface area contributed by atoms with Crippen LogP contribution in [0.25, 0.3) is 0 Å². The molecule has 1 aliphatic carbocycles. The molecule has 0 bridgehead atoms. The Labute approximate surface area is 83.9 Å². The number of aliphatic hydroxyl groups is 1. The second-order valence-electron chi connectivity index (χ2n) is 4.55. The number of hydrogen-bond acceptors (Lipinski definition) is 3. The molecule has 0 radical (unpaired) electrons. The smallest absolute Gasteiger partial charge is 0.103 e. The number of nitrogens with zero attached hydrogens (tertiary/aromatic N) is 3. The summed E-state index contributed by atoms with van der Waals surface area (Å²) in [5, 5.41) is 17.9. The summed E-state index contributed by atoms with van der Waals surface area (Å²) in [4.78, 5) is 0. The maximum Gasteiger partial charge on any atom is 0.103 e. The molecule has 0 aliphatic heterocycles. The lowest BCUT2D eigenvalue weighted by molar-refractivity contribution is 0.0343. The van der Waals surface area contributed by atoms with Crippen LogP contribution in [0.2, 0.25) is 0 Å². The minimum atomic E-state index is -0.426. The van der Waals surface area contributed by atoms with Gasteiger partial charge in [-0.25, -0.2) is 4.68 Å². The SMILES string of the molecule is Cn1nncc1C(O)C1(C)CCCC1. The van der Waals surface area contributed by atoms with Gasteiger partial charge in [0.25, 0.3) is 0 Å². The third-order valence-corrected chi connectivity index (χ3v) is 3.44. The summed E-state index contributed by atoms with van der Waals surface area (Å²) in [5.41, 5.74) is 0.851. The van der Waals surface area contributed by atoms with Crippen molar-refractivity contribution >= 4 is 0 Å². The lowest BCUT2D eigenvalue weighted by Crippen LogP contribution is -2.24. The molecule has 0 amide bonds. The number of hydrogen-bond donors (Lipinski definition) is 1. The van der Waals surface area contributed by atoms with Crippen molar-refractivity contribution in [1.82, 2.24) is 15.0 Å². The zero-order valence-corrected chi connectivity index (χ0v) is 8.77. The van der Waals surface area contributed by atoms with E-state index in [0.29, 0.717) is 0 Å². The van der Waals surface area contributed by atoms with Crippen LogP contribution < -0.4 is 0 Å². The minimum absolute atomic E-state index is 0.0233. The zero-order valence-electron chi connectivity index (χ0n) is 8.77. The lowest BCUT2D eigenvalue weighted by Gasteiger charge is -2.29. The van der Waals surface area contributed by atoms with Crippen molar-refractivity contribution in [3.05, 3.63) is 11.9 Å². The van der Waals surface area contributed by atoms with Gasteiger partial charge in [-0.15, -0.1) is 5.10 Å². The molecule has 78 valence electrons. The molecule has 1 fully saturated rings. The fraction of sp³-hybridized carbons (Fsp3) is 0.800. The molecule has 1 aromatic heterocycles. The Morgan fingerprint density at radius 1 is 1.50 bits per heavy atom. The van der Waals surface area contributed by atoms with Gasteiger partial charge >= 0.3 is 0 Å². The van der Waals surface area contributed by atoms with E-state index >= 15 is 0 Å². The molecule has 1 heterocycles. The van der Waals surface area contributed by atoms with Crippen LogP contribution in [0.4, 0.5) is 0 Å². The molecule has 1 N–H and O–H groups in total. The third-order valence-electron chi connectivity index (χ3n) is 3.44. The molecule has 0 spiro atoms. The minimum Gasteiger partial charge on any atom is -0.386 e. The molecule has 4 heteroatoms. The van der Waals surface area contributed by atoms with E-state index in [1.807, 2.05) is 7.05 Å². The van der Waals surface area contributed by atoms with E-state index in [1.54, 1.807) is 10.9 Å². The molecule has 14 heavy (non-hydrogen) atoms. The standard InChI is InChI=1S/C10H17N3O/c1-10(5-3-4-6-10)9(14)8-7-11-12-13(8)2/h7,9,14H,3-6H2,1-2H3. The van der Waals surface area contributed by atoms with E-state index in [-0.39, 0.29) is 5.41 Å². The average molecular weight is 195 g/mol. The first-order valence-electron chi connectivity index (χ1n) is 5.16. The van der Waals surface area contributed by atoms with E-state index in [9.17, 15) is 5.11 Å². The molecule has 4 nitrogen and oxygen atoms in total. The molecule has 1 atom stereocenters. The number of aliphatic hydroxyl groups excluding tert-OH is 1. The molecule has 1 saturated carbocycles. The first-order valence-corrected chi connectivity index (χ1v) is 5.16. The van der Waals surface area contributed by atoms with Gasteiger partial charge in [0, 0.05) is 7.05 Å². The van der Waals surface area contributed by atoms with Crippen LogP contribution in [0.3, 0.4) is 0 Å². The Morgan fingerprint density at radius 2 is 2.14 bits per heavy atom. The van der Waals surface area contributed by atoms with Gasteiger partial charge in [0.1, 0.15) is 6.10 Å². The Hall–Kier alpha value is -0.900. The molecule has 2 rings (SSSR count). The predicted octanol–water partition coefficient (Wildman–Crippen LogP) is 1.43. The van der Waals surface area contributed by atoms with E-state index in [1.165, 1.54) is 12.8 Å². The third kappa shape index (κ3) is 1.43. The van der Waals surface area contributed by atoms with Crippen molar-refractivity contribution in [2.45, 2.75) is 38.7 Å². The fourth-order valence-corrected chi connectivity index (χ4v) is 2.36. The molecule has 0 saturated heterocycles. The van der Waals surface area contributed by atoms with Gasteiger partial charge in [0.2, 0.25) is 0 Å². The van der Waals surface area contributed by atoms with Crippen LogP contribution in [0.1, 0.15) is 44.4 Å². The van der Waals surface area contributed by atoms with Gasteiger partial charge in [0.15, 0.2) is 0 Å². The maximum atomic E-state index is 10.2. The van der Waals surface area contributed by atoms with Crippen molar-refractivity contribution < 1.29 is 5.11 Å². The van der Waals surface area contributed by atoms with Crippen molar-refractivity contribution in [2.75, 3.05) is 0 Å². The second kappa shape index (κ2) is 3.35. The monoisotopic (exact) mass is 195 g/mol. The predicted molar refractivity (Wildman–Crippen MR) is 52.5 cm³/mol. The highest BCUT2D eigenvalue weighted by Crippen LogP contribution is 2.46. The second-order valence-corrected chi connectivity index (χ2v) is 4.55. The first kappa shape index (κ1) is 9.65.